The third-order valence-corrected chi connectivity index (χ3v) is 7.19. The number of sulfonamides is 1. The molecule has 4 rings (SSSR count). The lowest BCUT2D eigenvalue weighted by Crippen LogP contribution is -2.38. The number of H-pyrrole nitrogens is 1. The predicted octanol–water partition coefficient (Wildman–Crippen LogP) is 2.35. The van der Waals surface area contributed by atoms with Gasteiger partial charge in [0.05, 0.1) is 42.1 Å². The molecule has 8 nitrogen and oxygen atoms in total. The highest BCUT2D eigenvalue weighted by Crippen LogP contribution is 2.41. The van der Waals surface area contributed by atoms with E-state index in [9.17, 15) is 22.3 Å². The molecule has 2 heterocycles. The first-order valence-electron chi connectivity index (χ1n) is 9.20. The van der Waals surface area contributed by atoms with Crippen LogP contribution in [0.5, 0.6) is 5.75 Å². The fourth-order valence-corrected chi connectivity index (χ4v) is 5.50. The average molecular weight is 456 g/mol. The Morgan fingerprint density at radius 1 is 1.32 bits per heavy atom. The fraction of sp³-hybridized carbons (Fsp3) is 0.316. The lowest BCUT2D eigenvalue weighted by Gasteiger charge is -2.22. The van der Waals surface area contributed by atoms with Crippen molar-refractivity contribution in [2.75, 3.05) is 26.0 Å². The van der Waals surface area contributed by atoms with Crippen LogP contribution in [0.1, 0.15) is 6.42 Å². The van der Waals surface area contributed by atoms with Crippen LogP contribution in [0, 0.1) is 5.82 Å². The quantitative estimate of drug-likeness (QED) is 0.542. The highest BCUT2D eigenvalue weighted by molar-refractivity contribution is 7.89. The molecule has 0 spiro atoms. The first-order valence-corrected chi connectivity index (χ1v) is 10.6. The van der Waals surface area contributed by atoms with Gasteiger partial charge in [-0.1, -0.05) is 0 Å². The maximum atomic E-state index is 15.0. The van der Waals surface area contributed by atoms with Gasteiger partial charge in [0.1, 0.15) is 11.6 Å². The summed E-state index contributed by atoms with van der Waals surface area (Å²) in [4.78, 5) is -0.493. The molecule has 0 bridgehead atoms. The molecule has 0 amide bonds. The largest absolute Gasteiger partial charge is 0.495 e. The van der Waals surface area contributed by atoms with Crippen LogP contribution in [0.15, 0.2) is 35.2 Å². The van der Waals surface area contributed by atoms with E-state index in [2.05, 4.69) is 10.2 Å². The van der Waals surface area contributed by atoms with Crippen LogP contribution < -0.4 is 10.5 Å². The number of aromatic amines is 1. The number of anilines is 1. The average Bonchev–Trinajstić information content (AvgIpc) is 3.26. The van der Waals surface area contributed by atoms with E-state index in [-0.39, 0.29) is 17.1 Å². The summed E-state index contributed by atoms with van der Waals surface area (Å²) in [5.41, 5.74) is 6.77. The number of nitrogen functional groups attached to an aromatic ring is 1. The van der Waals surface area contributed by atoms with E-state index < -0.39 is 52.3 Å². The zero-order chi connectivity index (χ0) is 22.6. The van der Waals surface area contributed by atoms with Crippen molar-refractivity contribution >= 4 is 26.7 Å². The number of hydrogen-bond donors (Lipinski definition) is 3. The Morgan fingerprint density at radius 2 is 2.03 bits per heavy atom. The van der Waals surface area contributed by atoms with E-state index >= 15 is 4.39 Å². The van der Waals surface area contributed by atoms with Crippen LogP contribution in [0.3, 0.4) is 0 Å². The van der Waals surface area contributed by atoms with E-state index in [1.165, 1.54) is 13.2 Å². The molecule has 0 aliphatic carbocycles. The Morgan fingerprint density at radius 3 is 2.68 bits per heavy atom. The number of nitrogens with two attached hydrogens (primary N) is 1. The van der Waals surface area contributed by atoms with Gasteiger partial charge in [0.25, 0.3) is 5.92 Å². The van der Waals surface area contributed by atoms with E-state index in [1.54, 1.807) is 12.1 Å². The van der Waals surface area contributed by atoms with Gasteiger partial charge in [0.15, 0.2) is 5.82 Å². The summed E-state index contributed by atoms with van der Waals surface area (Å²) in [6.07, 6.45) is -0.799. The number of nitrogens with one attached hydrogen (secondary N) is 1. The summed E-state index contributed by atoms with van der Waals surface area (Å²) in [5.74, 6) is -3.77. The first-order chi connectivity index (χ1) is 14.6. The van der Waals surface area contributed by atoms with Crippen LogP contribution >= 0.6 is 0 Å². The van der Waals surface area contributed by atoms with Gasteiger partial charge in [-0.2, -0.15) is 9.40 Å². The van der Waals surface area contributed by atoms with Crippen molar-refractivity contribution in [2.45, 2.75) is 23.3 Å². The minimum Gasteiger partial charge on any atom is -0.495 e. The van der Waals surface area contributed by atoms with Gasteiger partial charge < -0.3 is 15.6 Å². The SMILES string of the molecule is COc1c(-c2ccc(S(=O)(=O)N3CC(F)(F)C[C@H]3CO)cc2F)ccc2[nH]nc(N)c12. The number of alkyl halides is 2. The van der Waals surface area contributed by atoms with Crippen molar-refractivity contribution < 1.29 is 31.4 Å². The van der Waals surface area contributed by atoms with Gasteiger partial charge in [-0.05, 0) is 30.3 Å². The van der Waals surface area contributed by atoms with Gasteiger partial charge in [-0.3, -0.25) is 5.10 Å². The third-order valence-electron chi connectivity index (χ3n) is 5.29. The second-order valence-electron chi connectivity index (χ2n) is 7.27. The van der Waals surface area contributed by atoms with Crippen molar-refractivity contribution in [3.63, 3.8) is 0 Å². The molecule has 1 atom stereocenters. The standard InChI is InChI=1S/C19H19F3N4O4S/c1-30-17-13(4-5-15-16(17)18(23)25-24-15)12-3-2-11(6-14(12)20)31(28,29)26-9-19(21,22)7-10(26)8-27/h2-6,10,27H,7-9H2,1H3,(H3,23,24,25)/t10-/m0/s1. The number of aliphatic hydroxyl groups excluding tert-OH is 1. The number of rotatable bonds is 5. The predicted molar refractivity (Wildman–Crippen MR) is 107 cm³/mol. The number of hydrogen-bond acceptors (Lipinski definition) is 6. The van der Waals surface area contributed by atoms with E-state index in [1.807, 2.05) is 0 Å². The minimum atomic E-state index is -4.45. The molecule has 1 aliphatic heterocycles. The van der Waals surface area contributed by atoms with Gasteiger partial charge >= 0.3 is 0 Å². The number of benzene rings is 2. The molecule has 0 radical (unpaired) electrons. The number of methoxy groups -OCH3 is 1. The van der Waals surface area contributed by atoms with Crippen LogP contribution in [0.2, 0.25) is 0 Å². The summed E-state index contributed by atoms with van der Waals surface area (Å²) in [5, 5.41) is 16.4. The normalized spacial score (nSPS) is 19.2. The Hall–Kier alpha value is -2.83. The fourth-order valence-electron chi connectivity index (χ4n) is 3.85. The van der Waals surface area contributed by atoms with Crippen LogP contribution in [0.4, 0.5) is 19.0 Å². The molecule has 3 aromatic rings. The summed E-state index contributed by atoms with van der Waals surface area (Å²) < 4.78 is 74.1. The summed E-state index contributed by atoms with van der Waals surface area (Å²) in [6, 6.07) is 5.02. The second-order valence-corrected chi connectivity index (χ2v) is 9.16. The van der Waals surface area contributed by atoms with Gasteiger partial charge in [0, 0.05) is 17.5 Å². The molecule has 1 aliphatic rings. The molecule has 2 aromatic carbocycles. The smallest absolute Gasteiger partial charge is 0.263 e. The summed E-state index contributed by atoms with van der Waals surface area (Å²) in [6.45, 7) is -1.84. The molecule has 1 fully saturated rings. The minimum absolute atomic E-state index is 0.0313. The van der Waals surface area contributed by atoms with Crippen molar-refractivity contribution in [3.05, 3.63) is 36.1 Å². The Balaban J connectivity index is 1.78. The summed E-state index contributed by atoms with van der Waals surface area (Å²) >= 11 is 0. The Kier molecular flexibility index (Phi) is 5.10. The molecule has 1 saturated heterocycles. The maximum Gasteiger partial charge on any atom is 0.263 e. The number of aliphatic hydroxyl groups is 1. The van der Waals surface area contributed by atoms with Crippen molar-refractivity contribution in [2.24, 2.45) is 0 Å². The molecule has 0 unspecified atom stereocenters. The first kappa shape index (κ1) is 21.4. The molecule has 12 heteroatoms. The molecule has 0 saturated carbocycles. The zero-order valence-corrected chi connectivity index (χ0v) is 17.1. The zero-order valence-electron chi connectivity index (χ0n) is 16.3. The number of nitrogens with zero attached hydrogens (tertiary/aromatic N) is 2. The molecule has 31 heavy (non-hydrogen) atoms. The topological polar surface area (TPSA) is 122 Å². The second kappa shape index (κ2) is 7.39. The van der Waals surface area contributed by atoms with E-state index in [0.717, 1.165) is 12.1 Å². The maximum absolute atomic E-state index is 15.0. The molecule has 166 valence electrons. The molecular weight excluding hydrogens is 437 g/mol. The van der Waals surface area contributed by atoms with E-state index in [0.29, 0.717) is 20.8 Å². The van der Waals surface area contributed by atoms with Crippen LogP contribution in [-0.4, -0.2) is 60.3 Å². The number of fused-ring (bicyclic) bond motifs is 1. The monoisotopic (exact) mass is 456 g/mol. The highest BCUT2D eigenvalue weighted by atomic mass is 32.2. The van der Waals surface area contributed by atoms with Gasteiger partial charge in [0.2, 0.25) is 10.0 Å². The number of ether oxygens (including phenoxy) is 1. The number of aromatic nitrogens is 2. The summed E-state index contributed by atoms with van der Waals surface area (Å²) in [7, 11) is -3.07. The Bertz CT molecular complexity index is 1260. The third kappa shape index (κ3) is 3.50. The van der Waals surface area contributed by atoms with Crippen molar-refractivity contribution in [3.8, 4) is 16.9 Å². The molecular formula is C19H19F3N4O4S. The van der Waals surface area contributed by atoms with Gasteiger partial charge in [-0.25, -0.2) is 21.6 Å². The highest BCUT2D eigenvalue weighted by Gasteiger charge is 2.49. The van der Waals surface area contributed by atoms with Crippen molar-refractivity contribution in [1.29, 1.82) is 0 Å². The Labute approximate surface area is 175 Å². The lowest BCUT2D eigenvalue weighted by molar-refractivity contribution is 0.0161. The molecule has 1 aromatic heterocycles. The lowest BCUT2D eigenvalue weighted by atomic mass is 10.0. The van der Waals surface area contributed by atoms with Crippen molar-refractivity contribution in [1.82, 2.24) is 14.5 Å². The van der Waals surface area contributed by atoms with Crippen LogP contribution in [0.25, 0.3) is 22.0 Å². The van der Waals surface area contributed by atoms with E-state index in [4.69, 9.17) is 10.5 Å². The number of halogens is 3. The van der Waals surface area contributed by atoms with Gasteiger partial charge in [-0.15, -0.1) is 0 Å². The molecule has 4 N–H and O–H groups in total. The van der Waals surface area contributed by atoms with Crippen LogP contribution in [-0.2, 0) is 10.0 Å².